The van der Waals surface area contributed by atoms with Crippen molar-refractivity contribution in [1.29, 1.82) is 0 Å². The zero-order valence-electron chi connectivity index (χ0n) is 19.3. The first-order valence-corrected chi connectivity index (χ1v) is 13.0. The Labute approximate surface area is 202 Å². The number of hydrogen-bond donors (Lipinski definition) is 1. The van der Waals surface area contributed by atoms with Crippen molar-refractivity contribution in [2.75, 3.05) is 6.79 Å². The molecular formula is C26H29N3O4S. The van der Waals surface area contributed by atoms with Crippen LogP contribution in [0.1, 0.15) is 61.5 Å². The van der Waals surface area contributed by atoms with Crippen LogP contribution in [0.2, 0.25) is 0 Å². The number of ether oxygens (including phenoxy) is 2. The van der Waals surface area contributed by atoms with Gasteiger partial charge < -0.3 is 24.3 Å². The molecule has 1 saturated carbocycles. The number of nitrogens with zero attached hydrogens (tertiary/aromatic N) is 2. The summed E-state index contributed by atoms with van der Waals surface area (Å²) >= 11 is 1.62. The molecule has 1 aromatic carbocycles. The highest BCUT2D eigenvalue weighted by atomic mass is 32.1. The lowest BCUT2D eigenvalue weighted by molar-refractivity contribution is -0.134. The zero-order chi connectivity index (χ0) is 23.3. The highest BCUT2D eigenvalue weighted by Crippen LogP contribution is 2.37. The second-order valence-corrected chi connectivity index (χ2v) is 10.7. The van der Waals surface area contributed by atoms with Gasteiger partial charge in [0.2, 0.25) is 12.7 Å². The minimum Gasteiger partial charge on any atom is -0.454 e. The molecule has 7 nitrogen and oxygen atoms in total. The number of carbonyl (C=O) groups is 2. The van der Waals surface area contributed by atoms with Crippen LogP contribution in [0.4, 0.5) is 0 Å². The van der Waals surface area contributed by atoms with E-state index in [2.05, 4.69) is 5.32 Å². The predicted octanol–water partition coefficient (Wildman–Crippen LogP) is 4.69. The number of hydrogen-bond acceptors (Lipinski definition) is 5. The molecule has 34 heavy (non-hydrogen) atoms. The van der Waals surface area contributed by atoms with E-state index in [1.165, 1.54) is 12.8 Å². The molecule has 4 heterocycles. The molecule has 1 unspecified atom stereocenters. The monoisotopic (exact) mass is 479 g/mol. The van der Waals surface area contributed by atoms with Crippen molar-refractivity contribution in [3.8, 4) is 11.5 Å². The highest BCUT2D eigenvalue weighted by Gasteiger charge is 2.48. The molecule has 3 aromatic rings. The molecule has 1 atom stereocenters. The summed E-state index contributed by atoms with van der Waals surface area (Å²) in [6.07, 6.45) is 6.73. The molecule has 2 amide bonds. The zero-order valence-corrected chi connectivity index (χ0v) is 20.2. The lowest BCUT2D eigenvalue weighted by Crippen LogP contribution is -2.64. The smallest absolute Gasteiger partial charge is 0.271 e. The summed E-state index contributed by atoms with van der Waals surface area (Å²) in [6, 6.07) is 9.88. The number of carbonyl (C=O) groups excluding carboxylic acids is 2. The maximum atomic E-state index is 13.9. The van der Waals surface area contributed by atoms with Crippen molar-refractivity contribution < 1.29 is 19.1 Å². The summed E-state index contributed by atoms with van der Waals surface area (Å²) in [6.45, 7) is 2.86. The van der Waals surface area contributed by atoms with E-state index in [0.29, 0.717) is 30.3 Å². The number of amides is 2. The highest BCUT2D eigenvalue weighted by molar-refractivity contribution is 7.17. The fourth-order valence-corrected chi connectivity index (χ4v) is 6.33. The van der Waals surface area contributed by atoms with Crippen molar-refractivity contribution in [2.45, 2.75) is 70.1 Å². The number of benzene rings is 1. The van der Waals surface area contributed by atoms with E-state index in [-0.39, 0.29) is 24.6 Å². The largest absolute Gasteiger partial charge is 0.454 e. The second-order valence-electron chi connectivity index (χ2n) is 9.80. The molecular weight excluding hydrogens is 450 g/mol. The van der Waals surface area contributed by atoms with Gasteiger partial charge in [0.15, 0.2) is 11.5 Å². The Morgan fingerprint density at radius 2 is 1.91 bits per heavy atom. The average molecular weight is 480 g/mol. The predicted molar refractivity (Wildman–Crippen MR) is 130 cm³/mol. The summed E-state index contributed by atoms with van der Waals surface area (Å²) < 4.78 is 14.1. The van der Waals surface area contributed by atoms with Gasteiger partial charge in [-0.3, -0.25) is 9.59 Å². The Morgan fingerprint density at radius 1 is 1.12 bits per heavy atom. The van der Waals surface area contributed by atoms with Crippen LogP contribution in [0.25, 0.3) is 10.2 Å². The van der Waals surface area contributed by atoms with E-state index in [1.54, 1.807) is 16.2 Å². The van der Waals surface area contributed by atoms with Crippen LogP contribution in [0, 0.1) is 0 Å². The first-order valence-electron chi connectivity index (χ1n) is 12.1. The van der Waals surface area contributed by atoms with E-state index in [0.717, 1.165) is 41.5 Å². The van der Waals surface area contributed by atoms with Crippen LogP contribution < -0.4 is 14.8 Å². The Kier molecular flexibility index (Phi) is 5.28. The van der Waals surface area contributed by atoms with Gasteiger partial charge in [-0.1, -0.05) is 31.7 Å². The third-order valence-electron chi connectivity index (χ3n) is 7.51. The number of nitrogens with one attached hydrogen (secondary N) is 1. The average Bonchev–Trinajstić information content (AvgIpc) is 3.50. The van der Waals surface area contributed by atoms with Crippen LogP contribution in [-0.4, -0.2) is 39.7 Å². The SMILES string of the molecule is CC1(C(=O)NC2CCCCCC2)Cn2c(cc3sccc32)C(=O)N1Cc1ccc2c(c1)OCO2. The van der Waals surface area contributed by atoms with Gasteiger partial charge in [-0.25, -0.2) is 0 Å². The van der Waals surface area contributed by atoms with Gasteiger partial charge >= 0.3 is 0 Å². The summed E-state index contributed by atoms with van der Waals surface area (Å²) in [5.74, 6) is 1.19. The van der Waals surface area contributed by atoms with Crippen molar-refractivity contribution in [1.82, 2.24) is 14.8 Å². The van der Waals surface area contributed by atoms with E-state index < -0.39 is 5.54 Å². The lowest BCUT2D eigenvalue weighted by atomic mass is 9.93. The fraction of sp³-hybridized carbons (Fsp3) is 0.462. The molecule has 0 bridgehead atoms. The normalized spacial score (nSPS) is 22.6. The minimum absolute atomic E-state index is 0.0729. The number of thiophene rings is 1. The van der Waals surface area contributed by atoms with Gasteiger partial charge in [0.25, 0.3) is 5.91 Å². The lowest BCUT2D eigenvalue weighted by Gasteiger charge is -2.44. The number of aromatic nitrogens is 1. The first kappa shape index (κ1) is 21.5. The van der Waals surface area contributed by atoms with Crippen molar-refractivity contribution in [3.05, 3.63) is 47.0 Å². The molecule has 178 valence electrons. The van der Waals surface area contributed by atoms with E-state index in [4.69, 9.17) is 9.47 Å². The summed E-state index contributed by atoms with van der Waals surface area (Å²) in [4.78, 5) is 29.5. The van der Waals surface area contributed by atoms with Crippen LogP contribution in [0.3, 0.4) is 0 Å². The number of rotatable bonds is 4. The van der Waals surface area contributed by atoms with Gasteiger partial charge in [0.05, 0.1) is 16.8 Å². The van der Waals surface area contributed by atoms with Crippen LogP contribution in [0.15, 0.2) is 35.7 Å². The Balaban J connectivity index is 1.36. The summed E-state index contributed by atoms with van der Waals surface area (Å²) in [5.41, 5.74) is 1.56. The quantitative estimate of drug-likeness (QED) is 0.552. The summed E-state index contributed by atoms with van der Waals surface area (Å²) in [5, 5.41) is 5.36. The van der Waals surface area contributed by atoms with Crippen molar-refractivity contribution in [2.24, 2.45) is 0 Å². The van der Waals surface area contributed by atoms with E-state index >= 15 is 0 Å². The maximum absolute atomic E-state index is 13.9. The van der Waals surface area contributed by atoms with Crippen LogP contribution in [0.5, 0.6) is 11.5 Å². The van der Waals surface area contributed by atoms with Gasteiger partial charge in [-0.15, -0.1) is 11.3 Å². The molecule has 2 aliphatic heterocycles. The van der Waals surface area contributed by atoms with Crippen molar-refractivity contribution >= 4 is 33.4 Å². The minimum atomic E-state index is -1.01. The molecule has 2 aromatic heterocycles. The molecule has 1 aliphatic carbocycles. The third kappa shape index (κ3) is 3.55. The Hall–Kier alpha value is -3.00. The van der Waals surface area contributed by atoms with Gasteiger partial charge in [0, 0.05) is 12.6 Å². The van der Waals surface area contributed by atoms with Crippen LogP contribution in [-0.2, 0) is 17.9 Å². The molecule has 3 aliphatic rings. The van der Waals surface area contributed by atoms with E-state index in [1.807, 2.05) is 47.2 Å². The summed E-state index contributed by atoms with van der Waals surface area (Å²) in [7, 11) is 0. The Morgan fingerprint density at radius 3 is 2.74 bits per heavy atom. The van der Waals surface area contributed by atoms with Gasteiger partial charge in [0.1, 0.15) is 11.2 Å². The molecule has 1 fully saturated rings. The fourth-order valence-electron chi connectivity index (χ4n) is 5.51. The van der Waals surface area contributed by atoms with Crippen molar-refractivity contribution in [3.63, 3.8) is 0 Å². The standard InChI is InChI=1S/C26H29N3O4S/c1-26(25(31)27-18-6-4-2-3-5-7-18)15-28-19-10-11-34-23(19)13-20(28)24(30)29(26)14-17-8-9-21-22(12-17)33-16-32-21/h8-13,18H,2-7,14-16H2,1H3,(H,27,31). The molecule has 0 spiro atoms. The first-order chi connectivity index (χ1) is 16.5. The molecule has 6 rings (SSSR count). The second kappa shape index (κ2) is 8.34. The molecule has 0 radical (unpaired) electrons. The Bertz CT molecular complexity index is 1260. The van der Waals surface area contributed by atoms with E-state index in [9.17, 15) is 9.59 Å². The van der Waals surface area contributed by atoms with Gasteiger partial charge in [-0.2, -0.15) is 0 Å². The maximum Gasteiger partial charge on any atom is 0.271 e. The molecule has 8 heteroatoms. The van der Waals surface area contributed by atoms with Gasteiger partial charge in [-0.05, 0) is 55.0 Å². The molecule has 1 N–H and O–H groups in total. The topological polar surface area (TPSA) is 72.8 Å². The molecule has 0 saturated heterocycles. The van der Waals surface area contributed by atoms with Crippen LogP contribution >= 0.6 is 11.3 Å². The number of fused-ring (bicyclic) bond motifs is 4. The third-order valence-corrected chi connectivity index (χ3v) is 8.36.